The molecule has 0 aromatic carbocycles. The van der Waals surface area contributed by atoms with E-state index in [2.05, 4.69) is 26.2 Å². The first kappa shape index (κ1) is 17.2. The van der Waals surface area contributed by atoms with Gasteiger partial charge in [0.05, 0.1) is 18.2 Å². The van der Waals surface area contributed by atoms with Crippen molar-refractivity contribution in [3.63, 3.8) is 0 Å². The molecule has 1 aromatic rings. The number of ether oxygens (including phenoxy) is 1. The lowest BCUT2D eigenvalue weighted by Crippen LogP contribution is -2.32. The quantitative estimate of drug-likeness (QED) is 0.825. The highest BCUT2D eigenvalue weighted by atomic mass is 79.9. The molecule has 0 aliphatic heterocycles. The lowest BCUT2D eigenvalue weighted by atomic mass is 10.0. The number of hydrogen-bond donors (Lipinski definition) is 1. The second kappa shape index (κ2) is 7.26. The van der Waals surface area contributed by atoms with E-state index < -0.39 is 11.7 Å². The molecule has 1 aromatic heterocycles. The van der Waals surface area contributed by atoms with Crippen molar-refractivity contribution in [2.45, 2.75) is 33.0 Å². The van der Waals surface area contributed by atoms with Crippen molar-refractivity contribution in [3.05, 3.63) is 22.3 Å². The van der Waals surface area contributed by atoms with Gasteiger partial charge >= 0.3 is 6.18 Å². The van der Waals surface area contributed by atoms with Gasteiger partial charge in [0.25, 0.3) is 0 Å². The average molecular weight is 355 g/mol. The third-order valence-corrected chi connectivity index (χ3v) is 3.22. The number of halogens is 4. The minimum atomic E-state index is -4.45. The Labute approximate surface area is 125 Å². The van der Waals surface area contributed by atoms with E-state index in [-0.39, 0.29) is 17.8 Å². The minimum Gasteiger partial charge on any atom is -0.380 e. The molecule has 0 spiro atoms. The lowest BCUT2D eigenvalue weighted by molar-refractivity contribution is -0.137. The monoisotopic (exact) mass is 354 g/mol. The topological polar surface area (TPSA) is 34.1 Å². The molecule has 0 fully saturated rings. The first-order chi connectivity index (χ1) is 9.25. The second-order valence-corrected chi connectivity index (χ2v) is 5.62. The number of nitrogens with one attached hydrogen (secondary N) is 1. The average Bonchev–Trinajstić information content (AvgIpc) is 2.34. The molecule has 20 heavy (non-hydrogen) atoms. The maximum Gasteiger partial charge on any atom is 0.419 e. The normalized spacial score (nSPS) is 13.6. The molecule has 1 rings (SSSR count). The molecule has 7 heteroatoms. The Kier molecular flexibility index (Phi) is 6.26. The summed E-state index contributed by atoms with van der Waals surface area (Å²) in [5.74, 6) is -0.0489. The summed E-state index contributed by atoms with van der Waals surface area (Å²) >= 11 is 3.01. The van der Waals surface area contributed by atoms with Gasteiger partial charge in [-0.25, -0.2) is 4.98 Å². The van der Waals surface area contributed by atoms with Crippen LogP contribution in [0.25, 0.3) is 0 Å². The van der Waals surface area contributed by atoms with Gasteiger partial charge in [-0.1, -0.05) is 13.8 Å². The van der Waals surface area contributed by atoms with Crippen LogP contribution in [0.4, 0.5) is 19.0 Å². The Bertz CT molecular complexity index is 438. The second-order valence-electron chi connectivity index (χ2n) is 4.70. The van der Waals surface area contributed by atoms with Crippen LogP contribution in [0.15, 0.2) is 16.7 Å². The van der Waals surface area contributed by atoms with E-state index in [1.807, 2.05) is 20.8 Å². The third kappa shape index (κ3) is 4.94. The van der Waals surface area contributed by atoms with Gasteiger partial charge in [0, 0.05) is 17.3 Å². The number of nitrogens with zero attached hydrogens (tertiary/aromatic N) is 1. The van der Waals surface area contributed by atoms with Crippen molar-refractivity contribution < 1.29 is 17.9 Å². The number of rotatable bonds is 6. The number of alkyl halides is 3. The molecule has 0 saturated heterocycles. The molecule has 1 atom stereocenters. The van der Waals surface area contributed by atoms with E-state index in [1.54, 1.807) is 0 Å². The number of hydrogen-bond acceptors (Lipinski definition) is 3. The molecule has 1 heterocycles. The van der Waals surface area contributed by atoms with E-state index in [0.717, 1.165) is 6.07 Å². The zero-order chi connectivity index (χ0) is 15.3. The third-order valence-electron chi connectivity index (χ3n) is 2.79. The van der Waals surface area contributed by atoms with E-state index in [9.17, 15) is 13.2 Å². The summed E-state index contributed by atoms with van der Waals surface area (Å²) in [5.41, 5.74) is -0.783. The Balaban J connectivity index is 3.00. The largest absolute Gasteiger partial charge is 0.419 e. The molecule has 0 aliphatic carbocycles. The fourth-order valence-corrected chi connectivity index (χ4v) is 1.92. The standard InChI is InChI=1S/C13H18BrF3N2O/c1-4-20-7-11(8(2)3)19-12-10(13(15,16)17)5-9(14)6-18-12/h5-6,8,11H,4,7H2,1-3H3,(H,18,19). The first-order valence-electron chi connectivity index (χ1n) is 6.32. The van der Waals surface area contributed by atoms with Crippen molar-refractivity contribution in [2.75, 3.05) is 18.5 Å². The summed E-state index contributed by atoms with van der Waals surface area (Å²) in [6, 6.07) is 0.789. The van der Waals surface area contributed by atoms with E-state index in [1.165, 1.54) is 6.20 Å². The van der Waals surface area contributed by atoms with E-state index >= 15 is 0 Å². The van der Waals surface area contributed by atoms with Gasteiger partial charge in [-0.2, -0.15) is 13.2 Å². The van der Waals surface area contributed by atoms with Gasteiger partial charge in [-0.15, -0.1) is 0 Å². The molecule has 0 bridgehead atoms. The van der Waals surface area contributed by atoms with Gasteiger partial charge in [-0.05, 0) is 34.8 Å². The molecular weight excluding hydrogens is 337 g/mol. The van der Waals surface area contributed by atoms with Crippen LogP contribution in [0.3, 0.4) is 0 Å². The van der Waals surface area contributed by atoms with E-state index in [0.29, 0.717) is 17.7 Å². The predicted octanol–water partition coefficient (Wildman–Crippen LogP) is 4.34. The highest BCUT2D eigenvalue weighted by Gasteiger charge is 2.35. The predicted molar refractivity (Wildman–Crippen MR) is 75.7 cm³/mol. The van der Waals surface area contributed by atoms with Crippen molar-refractivity contribution in [2.24, 2.45) is 5.92 Å². The molecule has 3 nitrogen and oxygen atoms in total. The van der Waals surface area contributed by atoms with Crippen LogP contribution in [0.2, 0.25) is 0 Å². The molecule has 0 aliphatic rings. The highest BCUT2D eigenvalue weighted by molar-refractivity contribution is 9.10. The van der Waals surface area contributed by atoms with Crippen LogP contribution in [0.5, 0.6) is 0 Å². The Morgan fingerprint density at radius 1 is 1.40 bits per heavy atom. The van der Waals surface area contributed by atoms with Crippen LogP contribution in [0.1, 0.15) is 26.3 Å². The lowest BCUT2D eigenvalue weighted by Gasteiger charge is -2.24. The molecule has 0 saturated carbocycles. The van der Waals surface area contributed by atoms with Gasteiger partial charge in [0.2, 0.25) is 0 Å². The summed E-state index contributed by atoms with van der Waals surface area (Å²) < 4.78 is 44.6. The van der Waals surface area contributed by atoms with Crippen molar-refractivity contribution >= 4 is 21.7 Å². The number of aromatic nitrogens is 1. The molecule has 1 unspecified atom stereocenters. The van der Waals surface area contributed by atoms with Gasteiger partial charge in [0.15, 0.2) is 0 Å². The fraction of sp³-hybridized carbons (Fsp3) is 0.615. The maximum absolute atomic E-state index is 13.0. The van der Waals surface area contributed by atoms with Gasteiger partial charge in [-0.3, -0.25) is 0 Å². The summed E-state index contributed by atoms with van der Waals surface area (Å²) in [6.45, 7) is 6.54. The van der Waals surface area contributed by atoms with Crippen LogP contribution in [0, 0.1) is 5.92 Å². The smallest absolute Gasteiger partial charge is 0.380 e. The van der Waals surface area contributed by atoms with Crippen molar-refractivity contribution in [1.29, 1.82) is 0 Å². The zero-order valence-corrected chi connectivity index (χ0v) is 13.2. The maximum atomic E-state index is 13.0. The van der Waals surface area contributed by atoms with Crippen LogP contribution in [-0.4, -0.2) is 24.2 Å². The van der Waals surface area contributed by atoms with Gasteiger partial charge < -0.3 is 10.1 Å². The van der Waals surface area contributed by atoms with Gasteiger partial charge in [0.1, 0.15) is 5.82 Å². The van der Waals surface area contributed by atoms with Crippen LogP contribution < -0.4 is 5.32 Å². The summed E-state index contributed by atoms with van der Waals surface area (Å²) in [4.78, 5) is 3.84. The molecular formula is C13H18BrF3N2O. The fourth-order valence-electron chi connectivity index (χ4n) is 1.59. The minimum absolute atomic E-state index is 0.119. The Morgan fingerprint density at radius 3 is 2.55 bits per heavy atom. The van der Waals surface area contributed by atoms with E-state index in [4.69, 9.17) is 4.74 Å². The Hall–Kier alpha value is -0.820. The molecule has 114 valence electrons. The summed E-state index contributed by atoms with van der Waals surface area (Å²) in [6.07, 6.45) is -3.11. The molecule has 0 amide bonds. The zero-order valence-electron chi connectivity index (χ0n) is 11.6. The first-order valence-corrected chi connectivity index (χ1v) is 7.12. The van der Waals surface area contributed by atoms with Crippen molar-refractivity contribution in [1.82, 2.24) is 4.98 Å². The van der Waals surface area contributed by atoms with Crippen molar-refractivity contribution in [3.8, 4) is 0 Å². The van der Waals surface area contributed by atoms with Crippen LogP contribution >= 0.6 is 15.9 Å². The molecule has 1 N–H and O–H groups in total. The highest BCUT2D eigenvalue weighted by Crippen LogP contribution is 2.35. The Morgan fingerprint density at radius 2 is 2.05 bits per heavy atom. The summed E-state index contributed by atoms with van der Waals surface area (Å²) in [7, 11) is 0. The SMILES string of the molecule is CCOCC(Nc1ncc(Br)cc1C(F)(F)F)C(C)C. The van der Waals surface area contributed by atoms with Crippen LogP contribution in [-0.2, 0) is 10.9 Å². The molecule has 0 radical (unpaired) electrons. The number of anilines is 1. The summed E-state index contributed by atoms with van der Waals surface area (Å²) in [5, 5.41) is 2.84. The number of pyridine rings is 1.